The Hall–Kier alpha value is -1.16. The van der Waals surface area contributed by atoms with Crippen LogP contribution in [-0.2, 0) is 9.59 Å². The van der Waals surface area contributed by atoms with Crippen molar-refractivity contribution in [3.8, 4) is 0 Å². The molecule has 2 saturated heterocycles. The SMILES string of the molecule is CCNC(=NCC(C)N1CCCCC1C)NCCCN1C(=O)C2C3C=CC(C3)C2C1=O.I. The number of guanidine groups is 1. The molecule has 0 aromatic rings. The van der Waals surface area contributed by atoms with Gasteiger partial charge in [0.25, 0.3) is 0 Å². The summed E-state index contributed by atoms with van der Waals surface area (Å²) in [5, 5.41) is 6.70. The van der Waals surface area contributed by atoms with E-state index < -0.39 is 0 Å². The van der Waals surface area contributed by atoms with E-state index in [4.69, 9.17) is 4.99 Å². The minimum Gasteiger partial charge on any atom is -0.357 e. The van der Waals surface area contributed by atoms with Crippen molar-refractivity contribution in [3.05, 3.63) is 12.2 Å². The smallest absolute Gasteiger partial charge is 0.233 e. The molecule has 0 radical (unpaired) electrons. The molecule has 6 unspecified atom stereocenters. The Bertz CT molecular complexity index is 712. The lowest BCUT2D eigenvalue weighted by Crippen LogP contribution is -2.46. The van der Waals surface area contributed by atoms with Crippen LogP contribution < -0.4 is 10.6 Å². The molecule has 8 heteroatoms. The lowest BCUT2D eigenvalue weighted by atomic mass is 9.85. The van der Waals surface area contributed by atoms with E-state index in [0.29, 0.717) is 25.2 Å². The molecule has 0 spiro atoms. The first-order chi connectivity index (χ1) is 15.0. The summed E-state index contributed by atoms with van der Waals surface area (Å²) in [6.07, 6.45) is 9.91. The van der Waals surface area contributed by atoms with Gasteiger partial charge in [0.2, 0.25) is 11.8 Å². The Kier molecular flexibility index (Phi) is 9.00. The quantitative estimate of drug-likeness (QED) is 0.120. The van der Waals surface area contributed by atoms with Crippen LogP contribution in [0.2, 0.25) is 0 Å². The van der Waals surface area contributed by atoms with Crippen molar-refractivity contribution < 1.29 is 9.59 Å². The van der Waals surface area contributed by atoms with E-state index in [0.717, 1.165) is 31.9 Å². The molecule has 2 heterocycles. The highest BCUT2D eigenvalue weighted by Crippen LogP contribution is 2.52. The fourth-order valence-electron chi connectivity index (χ4n) is 6.07. The highest BCUT2D eigenvalue weighted by atomic mass is 127. The van der Waals surface area contributed by atoms with Crippen molar-refractivity contribution in [2.45, 2.75) is 65.0 Å². The molecule has 2 aliphatic carbocycles. The molecule has 1 saturated carbocycles. The summed E-state index contributed by atoms with van der Waals surface area (Å²) in [7, 11) is 0. The number of hydrogen-bond donors (Lipinski definition) is 2. The van der Waals surface area contributed by atoms with Crippen molar-refractivity contribution in [3.63, 3.8) is 0 Å². The lowest BCUT2D eigenvalue weighted by Gasteiger charge is -2.37. The number of halogens is 1. The topological polar surface area (TPSA) is 77.0 Å². The fourth-order valence-corrected chi connectivity index (χ4v) is 6.07. The molecule has 4 rings (SSSR count). The number of hydrogen-bond acceptors (Lipinski definition) is 4. The van der Waals surface area contributed by atoms with Crippen LogP contribution in [0.1, 0.15) is 52.9 Å². The van der Waals surface area contributed by atoms with E-state index in [2.05, 4.69) is 48.5 Å². The molecule has 4 aliphatic rings. The number of likely N-dealkylation sites (tertiary alicyclic amines) is 2. The van der Waals surface area contributed by atoms with Gasteiger partial charge in [0.1, 0.15) is 0 Å². The molecule has 0 aromatic carbocycles. The number of aliphatic imine (C=N–C) groups is 1. The number of rotatable bonds is 8. The minimum atomic E-state index is -0.0898. The Morgan fingerprint density at radius 3 is 2.47 bits per heavy atom. The summed E-state index contributed by atoms with van der Waals surface area (Å²) < 4.78 is 0. The van der Waals surface area contributed by atoms with Crippen LogP contribution in [0.3, 0.4) is 0 Å². The maximum atomic E-state index is 12.8. The second kappa shape index (κ2) is 11.3. The number of imide groups is 1. The number of piperidine rings is 1. The van der Waals surface area contributed by atoms with Gasteiger partial charge in [-0.2, -0.15) is 0 Å². The van der Waals surface area contributed by atoms with Gasteiger partial charge in [-0.1, -0.05) is 18.6 Å². The van der Waals surface area contributed by atoms with Gasteiger partial charge in [0.15, 0.2) is 5.96 Å². The minimum absolute atomic E-state index is 0. The normalized spacial score (nSPS) is 32.8. The highest BCUT2D eigenvalue weighted by molar-refractivity contribution is 14.0. The number of nitrogens with one attached hydrogen (secondary N) is 2. The number of fused-ring (bicyclic) bond motifs is 5. The predicted octanol–water partition coefficient (Wildman–Crippen LogP) is 2.62. The van der Waals surface area contributed by atoms with Crippen LogP contribution in [-0.4, -0.2) is 72.4 Å². The first kappa shape index (κ1) is 25.5. The average molecular weight is 558 g/mol. The Morgan fingerprint density at radius 2 is 1.84 bits per heavy atom. The maximum absolute atomic E-state index is 12.8. The second-order valence-corrected chi connectivity index (χ2v) is 9.76. The lowest BCUT2D eigenvalue weighted by molar-refractivity contribution is -0.140. The van der Waals surface area contributed by atoms with E-state index in [1.54, 1.807) is 0 Å². The second-order valence-electron chi connectivity index (χ2n) is 9.76. The number of carbonyl (C=O) groups is 2. The van der Waals surface area contributed by atoms with Crippen molar-refractivity contribution in [2.75, 3.05) is 32.7 Å². The Morgan fingerprint density at radius 1 is 1.16 bits per heavy atom. The van der Waals surface area contributed by atoms with Crippen molar-refractivity contribution in [1.29, 1.82) is 0 Å². The van der Waals surface area contributed by atoms with E-state index in [1.807, 2.05) is 0 Å². The number of amides is 2. The third kappa shape index (κ3) is 5.16. The molecular weight excluding hydrogens is 517 g/mol. The molecule has 3 fully saturated rings. The van der Waals surface area contributed by atoms with Gasteiger partial charge in [-0.3, -0.25) is 24.4 Å². The number of carbonyl (C=O) groups excluding carboxylic acids is 2. The van der Waals surface area contributed by atoms with Crippen LogP contribution >= 0.6 is 24.0 Å². The monoisotopic (exact) mass is 557 g/mol. The average Bonchev–Trinajstić information content (AvgIpc) is 3.44. The summed E-state index contributed by atoms with van der Waals surface area (Å²) >= 11 is 0. The van der Waals surface area contributed by atoms with Gasteiger partial charge in [-0.25, -0.2) is 0 Å². The van der Waals surface area contributed by atoms with Crippen molar-refractivity contribution >= 4 is 41.8 Å². The molecule has 6 atom stereocenters. The first-order valence-electron chi connectivity index (χ1n) is 12.3. The highest BCUT2D eigenvalue weighted by Gasteiger charge is 2.58. The van der Waals surface area contributed by atoms with E-state index >= 15 is 0 Å². The van der Waals surface area contributed by atoms with Crippen LogP contribution in [0.5, 0.6) is 0 Å². The van der Waals surface area contributed by atoms with Gasteiger partial charge in [-0.05, 0) is 64.8 Å². The third-order valence-corrected chi connectivity index (χ3v) is 7.69. The Balaban J connectivity index is 0.00000289. The van der Waals surface area contributed by atoms with Gasteiger partial charge in [-0.15, -0.1) is 24.0 Å². The van der Waals surface area contributed by atoms with Crippen molar-refractivity contribution in [2.24, 2.45) is 28.7 Å². The van der Waals surface area contributed by atoms with Gasteiger partial charge >= 0.3 is 0 Å². The van der Waals surface area contributed by atoms with Gasteiger partial charge < -0.3 is 10.6 Å². The maximum Gasteiger partial charge on any atom is 0.233 e. The molecule has 7 nitrogen and oxygen atoms in total. The molecule has 2 amide bonds. The molecular formula is C24H40IN5O2. The first-order valence-corrected chi connectivity index (χ1v) is 12.3. The van der Waals surface area contributed by atoms with Gasteiger partial charge in [0.05, 0.1) is 18.4 Å². The van der Waals surface area contributed by atoms with E-state index in [-0.39, 0.29) is 59.5 Å². The van der Waals surface area contributed by atoms with Crippen LogP contribution in [0.4, 0.5) is 0 Å². The molecule has 2 aliphatic heterocycles. The van der Waals surface area contributed by atoms with E-state index in [1.165, 1.54) is 30.7 Å². The Labute approximate surface area is 209 Å². The molecule has 0 aromatic heterocycles. The summed E-state index contributed by atoms with van der Waals surface area (Å²) in [6.45, 7) is 10.6. The van der Waals surface area contributed by atoms with Gasteiger partial charge in [0, 0.05) is 31.7 Å². The molecule has 2 bridgehead atoms. The standard InChI is InChI=1S/C24H39N5O2.HI/c1-4-25-24(27-15-17(3)28-12-6-5-8-16(28)2)26-11-7-13-29-22(30)20-18-9-10-19(14-18)21(20)23(29)31;/h9-10,16-21H,4-8,11-15H2,1-3H3,(H2,25,26,27);1H. The summed E-state index contributed by atoms with van der Waals surface area (Å²) in [5.41, 5.74) is 0. The molecule has 32 heavy (non-hydrogen) atoms. The summed E-state index contributed by atoms with van der Waals surface area (Å²) in [5.74, 6) is 1.31. The van der Waals surface area contributed by atoms with Crippen LogP contribution in [0.25, 0.3) is 0 Å². The van der Waals surface area contributed by atoms with Crippen molar-refractivity contribution in [1.82, 2.24) is 20.4 Å². The zero-order valence-corrected chi connectivity index (χ0v) is 22.1. The largest absolute Gasteiger partial charge is 0.357 e. The summed E-state index contributed by atoms with van der Waals surface area (Å²) in [4.78, 5) is 34.4. The zero-order chi connectivity index (χ0) is 22.0. The fraction of sp³-hybridized carbons (Fsp3) is 0.792. The number of nitrogens with zero attached hydrogens (tertiary/aromatic N) is 3. The van der Waals surface area contributed by atoms with Crippen LogP contribution in [0.15, 0.2) is 17.1 Å². The van der Waals surface area contributed by atoms with E-state index in [9.17, 15) is 9.59 Å². The molecule has 2 N–H and O–H groups in total. The number of allylic oxidation sites excluding steroid dienone is 2. The third-order valence-electron chi connectivity index (χ3n) is 7.69. The van der Waals surface area contributed by atoms with Crippen LogP contribution in [0, 0.1) is 23.7 Å². The predicted molar refractivity (Wildman–Crippen MR) is 138 cm³/mol. The summed E-state index contributed by atoms with van der Waals surface area (Å²) in [6, 6.07) is 1.06. The zero-order valence-electron chi connectivity index (χ0n) is 19.8. The molecule has 180 valence electrons.